The number of aromatic nitrogens is 2. The number of nitrogens with two attached hydrogens (primary N) is 2. The topological polar surface area (TPSA) is 77.8 Å². The van der Waals surface area contributed by atoms with E-state index in [1.54, 1.807) is 6.20 Å². The normalized spacial score (nSPS) is 10.2. The molecule has 0 radical (unpaired) electrons. The summed E-state index contributed by atoms with van der Waals surface area (Å²) in [5, 5.41) is 0. The molecule has 0 amide bonds. The highest BCUT2D eigenvalue weighted by molar-refractivity contribution is 5.75. The minimum Gasteiger partial charge on any atom is -0.398 e. The Labute approximate surface area is 88.0 Å². The maximum absolute atomic E-state index is 5.87. The maximum Gasteiger partial charge on any atom is 0.220 e. The third-order valence-corrected chi connectivity index (χ3v) is 2.21. The average molecular weight is 200 g/mol. The van der Waals surface area contributed by atoms with Gasteiger partial charge in [-0.15, -0.1) is 0 Å². The molecule has 0 saturated carbocycles. The van der Waals surface area contributed by atoms with E-state index < -0.39 is 0 Å². The van der Waals surface area contributed by atoms with E-state index >= 15 is 0 Å². The maximum atomic E-state index is 5.87. The first-order valence-corrected chi connectivity index (χ1v) is 4.62. The number of benzene rings is 1. The van der Waals surface area contributed by atoms with Gasteiger partial charge >= 0.3 is 0 Å². The Morgan fingerprint density at radius 2 is 1.87 bits per heavy atom. The summed E-state index contributed by atoms with van der Waals surface area (Å²) < 4.78 is 0. The highest BCUT2D eigenvalue weighted by atomic mass is 15.0. The molecule has 1 heterocycles. The van der Waals surface area contributed by atoms with Crippen LogP contribution in [0, 0.1) is 6.92 Å². The van der Waals surface area contributed by atoms with E-state index in [1.165, 1.54) is 0 Å². The van der Waals surface area contributed by atoms with Gasteiger partial charge in [-0.05, 0) is 18.6 Å². The summed E-state index contributed by atoms with van der Waals surface area (Å²) in [5.41, 5.74) is 14.8. The number of hydrogen-bond donors (Lipinski definition) is 2. The van der Waals surface area contributed by atoms with Crippen LogP contribution in [0.1, 0.15) is 5.56 Å². The van der Waals surface area contributed by atoms with Crippen LogP contribution in [0.3, 0.4) is 0 Å². The number of anilines is 2. The highest BCUT2D eigenvalue weighted by Crippen LogP contribution is 2.26. The van der Waals surface area contributed by atoms with Crippen LogP contribution < -0.4 is 11.5 Å². The Morgan fingerprint density at radius 3 is 2.60 bits per heavy atom. The predicted molar refractivity (Wildman–Crippen MR) is 61.0 cm³/mol. The lowest BCUT2D eigenvalue weighted by Gasteiger charge is -2.07. The number of aryl methyl sites for hydroxylation is 1. The molecule has 1 aromatic carbocycles. The molecule has 4 N–H and O–H groups in total. The SMILES string of the molecule is Cc1cnc(N)nc1-c1ccccc1N. The first-order chi connectivity index (χ1) is 7.18. The van der Waals surface area contributed by atoms with Gasteiger partial charge in [0.1, 0.15) is 0 Å². The number of nitrogen functional groups attached to an aromatic ring is 2. The van der Waals surface area contributed by atoms with Crippen LogP contribution in [-0.2, 0) is 0 Å². The molecule has 4 heteroatoms. The van der Waals surface area contributed by atoms with Gasteiger partial charge in [0.2, 0.25) is 5.95 Å². The number of hydrogen-bond acceptors (Lipinski definition) is 4. The molecule has 0 aliphatic carbocycles. The smallest absolute Gasteiger partial charge is 0.220 e. The van der Waals surface area contributed by atoms with Crippen LogP contribution in [0.25, 0.3) is 11.3 Å². The molecule has 0 saturated heterocycles. The summed E-state index contributed by atoms with van der Waals surface area (Å²) in [4.78, 5) is 8.11. The van der Waals surface area contributed by atoms with E-state index in [0.717, 1.165) is 16.8 Å². The van der Waals surface area contributed by atoms with Crippen LogP contribution in [0.5, 0.6) is 0 Å². The molecule has 76 valence electrons. The molecule has 0 fully saturated rings. The summed E-state index contributed by atoms with van der Waals surface area (Å²) in [5.74, 6) is 0.263. The van der Waals surface area contributed by atoms with Gasteiger partial charge in [0, 0.05) is 17.4 Å². The minimum absolute atomic E-state index is 0.263. The molecule has 4 nitrogen and oxygen atoms in total. The second kappa shape index (κ2) is 3.57. The molecule has 15 heavy (non-hydrogen) atoms. The van der Waals surface area contributed by atoms with Crippen molar-refractivity contribution in [3.8, 4) is 11.3 Å². The molecule has 0 aliphatic rings. The molecule has 2 aromatic rings. The van der Waals surface area contributed by atoms with Crippen molar-refractivity contribution >= 4 is 11.6 Å². The third-order valence-electron chi connectivity index (χ3n) is 2.21. The second-order valence-corrected chi connectivity index (χ2v) is 3.35. The van der Waals surface area contributed by atoms with Crippen molar-refractivity contribution in [2.45, 2.75) is 6.92 Å². The van der Waals surface area contributed by atoms with E-state index in [2.05, 4.69) is 9.97 Å². The van der Waals surface area contributed by atoms with E-state index in [0.29, 0.717) is 5.69 Å². The van der Waals surface area contributed by atoms with Gasteiger partial charge in [-0.25, -0.2) is 9.97 Å². The lowest BCUT2D eigenvalue weighted by atomic mass is 10.1. The summed E-state index contributed by atoms with van der Waals surface area (Å²) >= 11 is 0. The second-order valence-electron chi connectivity index (χ2n) is 3.35. The van der Waals surface area contributed by atoms with Crippen LogP contribution in [0.15, 0.2) is 30.5 Å². The van der Waals surface area contributed by atoms with Crippen LogP contribution >= 0.6 is 0 Å². The zero-order chi connectivity index (χ0) is 10.8. The quantitative estimate of drug-likeness (QED) is 0.685. The van der Waals surface area contributed by atoms with Gasteiger partial charge in [0.05, 0.1) is 5.69 Å². The van der Waals surface area contributed by atoms with Gasteiger partial charge in [-0.1, -0.05) is 18.2 Å². The molecule has 0 spiro atoms. The van der Waals surface area contributed by atoms with Crippen molar-refractivity contribution in [2.75, 3.05) is 11.5 Å². The molecular weight excluding hydrogens is 188 g/mol. The zero-order valence-electron chi connectivity index (χ0n) is 8.44. The summed E-state index contributed by atoms with van der Waals surface area (Å²) in [6.45, 7) is 1.93. The van der Waals surface area contributed by atoms with Crippen molar-refractivity contribution in [3.63, 3.8) is 0 Å². The Hall–Kier alpha value is -2.10. The molecular formula is C11H12N4. The molecule has 2 rings (SSSR count). The van der Waals surface area contributed by atoms with E-state index in [9.17, 15) is 0 Å². The number of nitrogens with zero attached hydrogens (tertiary/aromatic N) is 2. The van der Waals surface area contributed by atoms with Crippen LogP contribution in [0.4, 0.5) is 11.6 Å². The fraction of sp³-hybridized carbons (Fsp3) is 0.0909. The van der Waals surface area contributed by atoms with Crippen molar-refractivity contribution in [2.24, 2.45) is 0 Å². The Morgan fingerprint density at radius 1 is 1.13 bits per heavy atom. The molecule has 0 bridgehead atoms. The van der Waals surface area contributed by atoms with Gasteiger partial charge in [0.15, 0.2) is 0 Å². The fourth-order valence-electron chi connectivity index (χ4n) is 1.44. The first-order valence-electron chi connectivity index (χ1n) is 4.62. The van der Waals surface area contributed by atoms with Crippen LogP contribution in [0.2, 0.25) is 0 Å². The van der Waals surface area contributed by atoms with E-state index in [4.69, 9.17) is 11.5 Å². The summed E-state index contributed by atoms with van der Waals surface area (Å²) in [7, 11) is 0. The van der Waals surface area contributed by atoms with Gasteiger partial charge < -0.3 is 11.5 Å². The van der Waals surface area contributed by atoms with Crippen molar-refractivity contribution in [1.29, 1.82) is 0 Å². The summed E-state index contributed by atoms with van der Waals surface area (Å²) in [6, 6.07) is 7.57. The van der Waals surface area contributed by atoms with Crippen molar-refractivity contribution < 1.29 is 0 Å². The number of rotatable bonds is 1. The number of para-hydroxylation sites is 1. The third kappa shape index (κ3) is 1.74. The monoisotopic (exact) mass is 200 g/mol. The lowest BCUT2D eigenvalue weighted by molar-refractivity contribution is 1.15. The van der Waals surface area contributed by atoms with Gasteiger partial charge in [0.25, 0.3) is 0 Å². The highest BCUT2D eigenvalue weighted by Gasteiger charge is 2.07. The fourth-order valence-corrected chi connectivity index (χ4v) is 1.44. The zero-order valence-corrected chi connectivity index (χ0v) is 8.44. The predicted octanol–water partition coefficient (Wildman–Crippen LogP) is 1.62. The minimum atomic E-state index is 0.263. The van der Waals surface area contributed by atoms with Gasteiger partial charge in [-0.3, -0.25) is 0 Å². The summed E-state index contributed by atoms with van der Waals surface area (Å²) in [6.07, 6.45) is 1.70. The lowest BCUT2D eigenvalue weighted by Crippen LogP contribution is -2.00. The van der Waals surface area contributed by atoms with Crippen molar-refractivity contribution in [1.82, 2.24) is 9.97 Å². The van der Waals surface area contributed by atoms with E-state index in [-0.39, 0.29) is 5.95 Å². The Bertz CT molecular complexity index is 494. The Balaban J connectivity index is 2.64. The molecule has 0 unspecified atom stereocenters. The molecule has 1 aromatic heterocycles. The Kier molecular flexibility index (Phi) is 2.25. The molecule has 0 atom stereocenters. The standard InChI is InChI=1S/C11H12N4/c1-7-6-14-11(13)15-10(7)8-4-2-3-5-9(8)12/h2-6H,12H2,1H3,(H2,13,14,15). The van der Waals surface area contributed by atoms with Crippen LogP contribution in [-0.4, -0.2) is 9.97 Å². The average Bonchev–Trinajstić information content (AvgIpc) is 2.23. The van der Waals surface area contributed by atoms with Crippen molar-refractivity contribution in [3.05, 3.63) is 36.0 Å². The van der Waals surface area contributed by atoms with Gasteiger partial charge in [-0.2, -0.15) is 0 Å². The first kappa shape index (κ1) is 9.45. The van der Waals surface area contributed by atoms with E-state index in [1.807, 2.05) is 31.2 Å². The molecule has 0 aliphatic heterocycles. The largest absolute Gasteiger partial charge is 0.398 e.